The van der Waals surface area contributed by atoms with Crippen LogP contribution in [-0.2, 0) is 6.54 Å². The molecule has 5 heteroatoms. The van der Waals surface area contributed by atoms with Crippen LogP contribution in [0.2, 0.25) is 0 Å². The zero-order chi connectivity index (χ0) is 21.8. The van der Waals surface area contributed by atoms with Crippen LogP contribution in [0, 0.1) is 13.8 Å². The van der Waals surface area contributed by atoms with Crippen molar-refractivity contribution >= 4 is 5.91 Å². The number of benzene rings is 3. The molecule has 156 valence electrons. The van der Waals surface area contributed by atoms with Crippen LogP contribution in [0.15, 0.2) is 78.9 Å². The van der Waals surface area contributed by atoms with Crippen LogP contribution in [0.3, 0.4) is 0 Å². The number of methoxy groups -OCH3 is 1. The van der Waals surface area contributed by atoms with Crippen LogP contribution in [0.1, 0.15) is 27.2 Å². The summed E-state index contributed by atoms with van der Waals surface area (Å²) in [7, 11) is 1.64. The van der Waals surface area contributed by atoms with Gasteiger partial charge in [0, 0.05) is 12.1 Å². The van der Waals surface area contributed by atoms with E-state index in [9.17, 15) is 4.79 Å². The lowest BCUT2D eigenvalue weighted by Gasteiger charge is -2.11. The fourth-order valence-electron chi connectivity index (χ4n) is 3.54. The third-order valence-corrected chi connectivity index (χ3v) is 5.20. The van der Waals surface area contributed by atoms with Crippen molar-refractivity contribution in [3.63, 3.8) is 0 Å². The van der Waals surface area contributed by atoms with Gasteiger partial charge in [0.15, 0.2) is 0 Å². The zero-order valence-corrected chi connectivity index (χ0v) is 17.9. The number of aromatic nitrogens is 2. The van der Waals surface area contributed by atoms with Crippen molar-refractivity contribution in [2.45, 2.75) is 20.4 Å². The van der Waals surface area contributed by atoms with Gasteiger partial charge in [0.05, 0.1) is 18.5 Å². The molecule has 4 rings (SSSR count). The van der Waals surface area contributed by atoms with Crippen molar-refractivity contribution in [3.05, 3.63) is 101 Å². The highest BCUT2D eigenvalue weighted by molar-refractivity contribution is 5.94. The molecule has 1 aromatic heterocycles. The van der Waals surface area contributed by atoms with Gasteiger partial charge in [0.25, 0.3) is 5.91 Å². The summed E-state index contributed by atoms with van der Waals surface area (Å²) in [6.07, 6.45) is 0. The van der Waals surface area contributed by atoms with Crippen molar-refractivity contribution in [2.24, 2.45) is 0 Å². The highest BCUT2D eigenvalue weighted by Gasteiger charge is 2.19. The molecule has 0 radical (unpaired) electrons. The average Bonchev–Trinajstić information content (AvgIpc) is 3.23. The smallest absolute Gasteiger partial charge is 0.270 e. The number of carbonyl (C=O) groups excluding carboxylic acids is 1. The molecule has 1 heterocycles. The van der Waals surface area contributed by atoms with Gasteiger partial charge in [-0.05, 0) is 61.4 Å². The molecule has 0 aliphatic heterocycles. The van der Waals surface area contributed by atoms with Crippen molar-refractivity contribution in [1.29, 1.82) is 0 Å². The van der Waals surface area contributed by atoms with Crippen molar-refractivity contribution in [2.75, 3.05) is 7.11 Å². The number of rotatable bonds is 6. The standard InChI is InChI=1S/C26H25N3O2/c1-18-9-14-24(19(2)15-18)29-25(26(30)27-17-20-7-5-4-6-8-20)16-23(28-29)21-10-12-22(31-3)13-11-21/h4-16H,17H2,1-3H3,(H,27,30). The molecule has 0 unspecified atom stereocenters. The number of carbonyl (C=O) groups is 1. The number of hydrogen-bond donors (Lipinski definition) is 1. The maximum absolute atomic E-state index is 13.1. The number of amides is 1. The largest absolute Gasteiger partial charge is 0.497 e. The van der Waals surface area contributed by atoms with Crippen LogP contribution < -0.4 is 10.1 Å². The van der Waals surface area contributed by atoms with Crippen LogP contribution >= 0.6 is 0 Å². The minimum atomic E-state index is -0.170. The van der Waals surface area contributed by atoms with E-state index in [0.717, 1.165) is 33.8 Å². The summed E-state index contributed by atoms with van der Waals surface area (Å²) < 4.78 is 6.98. The Morgan fingerprint density at radius 2 is 1.71 bits per heavy atom. The normalized spacial score (nSPS) is 10.7. The molecular formula is C26H25N3O2. The number of aryl methyl sites for hydroxylation is 2. The average molecular weight is 412 g/mol. The van der Waals surface area contributed by atoms with Crippen LogP contribution in [0.4, 0.5) is 0 Å². The molecule has 0 saturated carbocycles. The van der Waals surface area contributed by atoms with E-state index in [-0.39, 0.29) is 5.91 Å². The predicted octanol–water partition coefficient (Wildman–Crippen LogP) is 5.09. The summed E-state index contributed by atoms with van der Waals surface area (Å²) in [4.78, 5) is 13.1. The second-order valence-electron chi connectivity index (χ2n) is 7.51. The molecular weight excluding hydrogens is 386 g/mol. The van der Waals surface area contributed by atoms with E-state index in [2.05, 4.69) is 18.3 Å². The van der Waals surface area contributed by atoms with E-state index in [1.165, 1.54) is 5.56 Å². The van der Waals surface area contributed by atoms with E-state index in [4.69, 9.17) is 9.84 Å². The highest BCUT2D eigenvalue weighted by atomic mass is 16.5. The Balaban J connectivity index is 1.72. The van der Waals surface area contributed by atoms with Gasteiger partial charge in [-0.1, -0.05) is 48.0 Å². The van der Waals surface area contributed by atoms with E-state index in [1.807, 2.05) is 79.7 Å². The lowest BCUT2D eigenvalue weighted by Crippen LogP contribution is -2.25. The first-order valence-corrected chi connectivity index (χ1v) is 10.2. The number of hydrogen-bond acceptors (Lipinski definition) is 3. The Bertz CT molecular complexity index is 1200. The number of nitrogens with one attached hydrogen (secondary N) is 1. The van der Waals surface area contributed by atoms with E-state index in [0.29, 0.717) is 12.2 Å². The molecule has 0 atom stereocenters. The Morgan fingerprint density at radius 3 is 2.39 bits per heavy atom. The molecule has 5 nitrogen and oxygen atoms in total. The Kier molecular flexibility index (Phi) is 5.85. The molecule has 0 spiro atoms. The van der Waals surface area contributed by atoms with Crippen LogP contribution in [0.25, 0.3) is 16.9 Å². The van der Waals surface area contributed by atoms with Crippen LogP contribution in [0.5, 0.6) is 5.75 Å². The second-order valence-corrected chi connectivity index (χ2v) is 7.51. The predicted molar refractivity (Wildman–Crippen MR) is 123 cm³/mol. The third-order valence-electron chi connectivity index (χ3n) is 5.20. The van der Waals surface area contributed by atoms with Gasteiger partial charge < -0.3 is 10.1 Å². The first kappa shape index (κ1) is 20.4. The fourth-order valence-corrected chi connectivity index (χ4v) is 3.54. The highest BCUT2D eigenvalue weighted by Crippen LogP contribution is 2.25. The van der Waals surface area contributed by atoms with Gasteiger partial charge in [0.2, 0.25) is 0 Å². The molecule has 31 heavy (non-hydrogen) atoms. The van der Waals surface area contributed by atoms with Gasteiger partial charge in [-0.15, -0.1) is 0 Å². The quantitative estimate of drug-likeness (QED) is 0.481. The van der Waals surface area contributed by atoms with E-state index >= 15 is 0 Å². The SMILES string of the molecule is COc1ccc(-c2cc(C(=O)NCc3ccccc3)n(-c3ccc(C)cc3C)n2)cc1. The van der Waals surface area contributed by atoms with Crippen molar-refractivity contribution in [3.8, 4) is 22.7 Å². The Hall–Kier alpha value is -3.86. The lowest BCUT2D eigenvalue weighted by atomic mass is 10.1. The molecule has 0 saturated heterocycles. The summed E-state index contributed by atoms with van der Waals surface area (Å²) in [5, 5.41) is 7.81. The summed E-state index contributed by atoms with van der Waals surface area (Å²) in [5.74, 6) is 0.606. The molecule has 0 fully saturated rings. The minimum Gasteiger partial charge on any atom is -0.497 e. The third kappa shape index (κ3) is 4.51. The number of nitrogens with zero attached hydrogens (tertiary/aromatic N) is 2. The summed E-state index contributed by atoms with van der Waals surface area (Å²) in [6.45, 7) is 4.54. The molecule has 0 bridgehead atoms. The summed E-state index contributed by atoms with van der Waals surface area (Å²) >= 11 is 0. The molecule has 1 amide bonds. The lowest BCUT2D eigenvalue weighted by molar-refractivity contribution is 0.0943. The Morgan fingerprint density at radius 1 is 0.968 bits per heavy atom. The monoisotopic (exact) mass is 411 g/mol. The molecule has 0 aliphatic rings. The van der Waals surface area contributed by atoms with E-state index in [1.54, 1.807) is 11.8 Å². The topological polar surface area (TPSA) is 56.1 Å². The minimum absolute atomic E-state index is 0.170. The maximum atomic E-state index is 13.1. The van der Waals surface area contributed by atoms with Crippen LogP contribution in [-0.4, -0.2) is 22.8 Å². The van der Waals surface area contributed by atoms with Gasteiger partial charge in [-0.3, -0.25) is 4.79 Å². The van der Waals surface area contributed by atoms with Crippen molar-refractivity contribution < 1.29 is 9.53 Å². The molecule has 0 aliphatic carbocycles. The zero-order valence-electron chi connectivity index (χ0n) is 17.9. The second kappa shape index (κ2) is 8.88. The molecule has 3 aromatic carbocycles. The van der Waals surface area contributed by atoms with Gasteiger partial charge in [0.1, 0.15) is 11.4 Å². The van der Waals surface area contributed by atoms with Gasteiger partial charge in [-0.25, -0.2) is 4.68 Å². The van der Waals surface area contributed by atoms with Crippen molar-refractivity contribution in [1.82, 2.24) is 15.1 Å². The maximum Gasteiger partial charge on any atom is 0.270 e. The Labute approximate surface area is 182 Å². The van der Waals surface area contributed by atoms with E-state index < -0.39 is 0 Å². The van der Waals surface area contributed by atoms with Gasteiger partial charge >= 0.3 is 0 Å². The number of ether oxygens (including phenoxy) is 1. The fraction of sp³-hybridized carbons (Fsp3) is 0.154. The molecule has 4 aromatic rings. The van der Waals surface area contributed by atoms with Gasteiger partial charge in [-0.2, -0.15) is 5.10 Å². The molecule has 1 N–H and O–H groups in total. The summed E-state index contributed by atoms with van der Waals surface area (Å²) in [5.41, 5.74) is 6.29. The first-order chi connectivity index (χ1) is 15.0. The first-order valence-electron chi connectivity index (χ1n) is 10.2. The summed E-state index contributed by atoms with van der Waals surface area (Å²) in [6, 6.07) is 25.5.